The summed E-state index contributed by atoms with van der Waals surface area (Å²) in [6.45, 7) is 2.28. The van der Waals surface area contributed by atoms with Crippen LogP contribution in [0.2, 0.25) is 10.0 Å². The normalized spacial score (nSPS) is 15.0. The molecule has 7 nitrogen and oxygen atoms in total. The number of halogens is 2. The summed E-state index contributed by atoms with van der Waals surface area (Å²) in [5, 5.41) is 2.45. The molecule has 0 aromatic heterocycles. The van der Waals surface area contributed by atoms with E-state index >= 15 is 0 Å². The summed E-state index contributed by atoms with van der Waals surface area (Å²) in [6.07, 6.45) is 6.45. The zero-order chi connectivity index (χ0) is 22.5. The summed E-state index contributed by atoms with van der Waals surface area (Å²) < 4.78 is 10.6. The first-order valence-electron chi connectivity index (χ1n) is 9.05. The van der Waals surface area contributed by atoms with Gasteiger partial charge in [0.05, 0.1) is 22.3 Å². The minimum atomic E-state index is -0.856. The first kappa shape index (κ1) is 22.2. The van der Waals surface area contributed by atoms with Gasteiger partial charge in [0.15, 0.2) is 5.75 Å². The van der Waals surface area contributed by atoms with Crippen LogP contribution in [0.5, 0.6) is 11.5 Å². The van der Waals surface area contributed by atoms with Crippen LogP contribution in [-0.4, -0.2) is 31.1 Å². The number of amides is 4. The molecule has 0 aliphatic carbocycles. The number of ether oxygens (including phenoxy) is 2. The molecule has 1 fully saturated rings. The molecule has 0 unspecified atom stereocenters. The Kier molecular flexibility index (Phi) is 6.85. The van der Waals surface area contributed by atoms with E-state index in [9.17, 15) is 14.4 Å². The third-order valence-corrected chi connectivity index (χ3v) is 4.70. The number of nitrogens with zero attached hydrogens (tertiary/aromatic N) is 1. The fourth-order valence-corrected chi connectivity index (χ4v) is 3.44. The minimum Gasteiger partial charge on any atom is -0.494 e. The lowest BCUT2D eigenvalue weighted by Crippen LogP contribution is -2.54. The molecule has 1 N–H and O–H groups in total. The van der Waals surface area contributed by atoms with Crippen LogP contribution in [0.3, 0.4) is 0 Å². The quantitative estimate of drug-likeness (QED) is 0.400. The number of benzene rings is 2. The van der Waals surface area contributed by atoms with Gasteiger partial charge in [0.1, 0.15) is 17.9 Å². The monoisotopic (exact) mass is 458 g/mol. The van der Waals surface area contributed by atoms with Crippen molar-refractivity contribution < 1.29 is 23.9 Å². The van der Waals surface area contributed by atoms with Crippen LogP contribution < -0.4 is 19.7 Å². The van der Waals surface area contributed by atoms with E-state index in [0.717, 1.165) is 4.90 Å². The molecule has 0 bridgehead atoms. The molecule has 1 aliphatic heterocycles. The highest BCUT2D eigenvalue weighted by Gasteiger charge is 2.36. The lowest BCUT2D eigenvalue weighted by atomic mass is 10.1. The second kappa shape index (κ2) is 9.56. The van der Waals surface area contributed by atoms with Gasteiger partial charge in [0, 0.05) is 0 Å². The van der Waals surface area contributed by atoms with Gasteiger partial charge in [0.25, 0.3) is 11.8 Å². The molecule has 9 heteroatoms. The van der Waals surface area contributed by atoms with E-state index in [1.165, 1.54) is 18.2 Å². The number of carbonyl (C=O) groups excluding carboxylic acids is 3. The maximum atomic E-state index is 13.0. The number of barbiturate groups is 1. The topological polar surface area (TPSA) is 84.9 Å². The lowest BCUT2D eigenvalue weighted by Gasteiger charge is -2.26. The third kappa shape index (κ3) is 4.82. The Balaban J connectivity index is 1.94. The van der Waals surface area contributed by atoms with Gasteiger partial charge >= 0.3 is 6.03 Å². The van der Waals surface area contributed by atoms with Crippen molar-refractivity contribution in [2.45, 2.75) is 6.92 Å². The highest BCUT2D eigenvalue weighted by Crippen LogP contribution is 2.35. The lowest BCUT2D eigenvalue weighted by molar-refractivity contribution is -0.122. The molecule has 0 radical (unpaired) electrons. The van der Waals surface area contributed by atoms with E-state index in [4.69, 9.17) is 39.1 Å². The van der Waals surface area contributed by atoms with E-state index in [0.29, 0.717) is 17.9 Å². The zero-order valence-corrected chi connectivity index (χ0v) is 17.8. The highest BCUT2D eigenvalue weighted by molar-refractivity contribution is 6.40. The summed E-state index contributed by atoms with van der Waals surface area (Å²) in [4.78, 5) is 38.5. The van der Waals surface area contributed by atoms with E-state index in [2.05, 4.69) is 11.2 Å². The highest BCUT2D eigenvalue weighted by atomic mass is 35.5. The van der Waals surface area contributed by atoms with Gasteiger partial charge in [-0.05, 0) is 55.0 Å². The molecule has 4 amide bonds. The molecule has 158 valence electrons. The standard InChI is InChI=1S/C22H16Cl2N2O5/c1-3-9-31-19-17(23)11-13(12-18(19)24)10-16-20(27)25-22(29)26(21(16)28)14-5-7-15(8-6-14)30-4-2/h1,5-8,10-12H,4,9H2,2H3,(H,25,27,29)/b16-10+. The minimum absolute atomic E-state index is 0.0279. The Hall–Kier alpha value is -3.47. The number of rotatable bonds is 6. The number of imide groups is 2. The molecule has 1 heterocycles. The summed E-state index contributed by atoms with van der Waals surface area (Å²) in [5.74, 6) is 1.45. The van der Waals surface area contributed by atoms with Crippen molar-refractivity contribution in [3.63, 3.8) is 0 Å². The second-order valence-corrected chi connectivity index (χ2v) is 7.01. The Bertz CT molecular complexity index is 1100. The Morgan fingerprint density at radius 3 is 2.32 bits per heavy atom. The van der Waals surface area contributed by atoms with Gasteiger partial charge in [0.2, 0.25) is 0 Å². The molecular formula is C22H16Cl2N2O5. The average Bonchev–Trinajstić information content (AvgIpc) is 2.72. The van der Waals surface area contributed by atoms with Gasteiger partial charge in [-0.1, -0.05) is 29.1 Å². The largest absolute Gasteiger partial charge is 0.494 e. The molecule has 2 aromatic rings. The van der Waals surface area contributed by atoms with Gasteiger partial charge in [-0.3, -0.25) is 14.9 Å². The van der Waals surface area contributed by atoms with Crippen LogP contribution in [0, 0.1) is 12.3 Å². The molecule has 0 atom stereocenters. The van der Waals surface area contributed by atoms with Crippen molar-refractivity contribution >= 4 is 52.8 Å². The number of nitrogens with one attached hydrogen (secondary N) is 1. The summed E-state index contributed by atoms with van der Waals surface area (Å²) in [5.41, 5.74) is 0.374. The number of carbonyl (C=O) groups is 3. The number of terminal acetylenes is 1. The van der Waals surface area contributed by atoms with Crippen LogP contribution in [0.1, 0.15) is 12.5 Å². The van der Waals surface area contributed by atoms with Crippen LogP contribution in [0.25, 0.3) is 6.08 Å². The van der Waals surface area contributed by atoms with Crippen LogP contribution in [0.4, 0.5) is 10.5 Å². The summed E-state index contributed by atoms with van der Waals surface area (Å²) in [7, 11) is 0. The third-order valence-electron chi connectivity index (χ3n) is 4.14. The Labute approximate surface area is 188 Å². The van der Waals surface area contributed by atoms with Crippen molar-refractivity contribution in [2.24, 2.45) is 0 Å². The van der Waals surface area contributed by atoms with Crippen molar-refractivity contribution in [1.82, 2.24) is 5.32 Å². The molecule has 3 rings (SSSR count). The number of hydrogen-bond acceptors (Lipinski definition) is 5. The van der Waals surface area contributed by atoms with E-state index < -0.39 is 17.8 Å². The summed E-state index contributed by atoms with van der Waals surface area (Å²) >= 11 is 12.4. The summed E-state index contributed by atoms with van der Waals surface area (Å²) in [6, 6.07) is 8.39. The van der Waals surface area contributed by atoms with Crippen LogP contribution in [-0.2, 0) is 9.59 Å². The van der Waals surface area contributed by atoms with Gasteiger partial charge < -0.3 is 9.47 Å². The van der Waals surface area contributed by atoms with Crippen molar-refractivity contribution in [3.05, 3.63) is 57.6 Å². The molecule has 0 saturated carbocycles. The van der Waals surface area contributed by atoms with E-state index in [1.807, 2.05) is 6.92 Å². The SMILES string of the molecule is C#CCOc1c(Cl)cc(/C=C2\C(=O)NC(=O)N(c3ccc(OCC)cc3)C2=O)cc1Cl. The van der Waals surface area contributed by atoms with Gasteiger partial charge in [-0.25, -0.2) is 9.69 Å². The van der Waals surface area contributed by atoms with Crippen molar-refractivity contribution in [3.8, 4) is 23.8 Å². The smallest absolute Gasteiger partial charge is 0.335 e. The maximum absolute atomic E-state index is 13.0. The van der Waals surface area contributed by atoms with Gasteiger partial charge in [-0.15, -0.1) is 6.42 Å². The molecule has 31 heavy (non-hydrogen) atoms. The number of urea groups is 1. The zero-order valence-electron chi connectivity index (χ0n) is 16.3. The van der Waals surface area contributed by atoms with Crippen molar-refractivity contribution in [2.75, 3.05) is 18.1 Å². The van der Waals surface area contributed by atoms with E-state index in [-0.39, 0.29) is 33.7 Å². The fourth-order valence-electron chi connectivity index (χ4n) is 2.83. The van der Waals surface area contributed by atoms with Crippen LogP contribution >= 0.6 is 23.2 Å². The molecule has 1 aliphatic rings. The molecule has 1 saturated heterocycles. The fraction of sp³-hybridized carbons (Fsp3) is 0.136. The van der Waals surface area contributed by atoms with Crippen molar-refractivity contribution in [1.29, 1.82) is 0 Å². The maximum Gasteiger partial charge on any atom is 0.335 e. The molecule has 2 aromatic carbocycles. The average molecular weight is 459 g/mol. The van der Waals surface area contributed by atoms with Crippen LogP contribution in [0.15, 0.2) is 42.0 Å². The predicted octanol–water partition coefficient (Wildman–Crippen LogP) is 4.07. The Morgan fingerprint density at radius 2 is 1.74 bits per heavy atom. The Morgan fingerprint density at radius 1 is 1.10 bits per heavy atom. The molecule has 0 spiro atoms. The molecular weight excluding hydrogens is 443 g/mol. The number of hydrogen-bond donors (Lipinski definition) is 1. The second-order valence-electron chi connectivity index (χ2n) is 6.19. The van der Waals surface area contributed by atoms with E-state index in [1.54, 1.807) is 24.3 Å². The first-order valence-corrected chi connectivity index (χ1v) is 9.81. The van der Waals surface area contributed by atoms with Gasteiger partial charge in [-0.2, -0.15) is 0 Å². The predicted molar refractivity (Wildman–Crippen MR) is 117 cm³/mol. The first-order chi connectivity index (χ1) is 14.8. The number of anilines is 1.